The Morgan fingerprint density at radius 1 is 1.63 bits per heavy atom. The predicted molar refractivity (Wildman–Crippen MR) is 76.0 cm³/mol. The van der Waals surface area contributed by atoms with E-state index in [2.05, 4.69) is 22.9 Å². The van der Waals surface area contributed by atoms with Crippen LogP contribution in [0.3, 0.4) is 0 Å². The summed E-state index contributed by atoms with van der Waals surface area (Å²) in [4.78, 5) is 4.15. The van der Waals surface area contributed by atoms with Crippen LogP contribution in [0.4, 0.5) is 5.82 Å². The number of nitriles is 1. The average molecular weight is 252 g/mol. The lowest BCUT2D eigenvalue weighted by Gasteiger charge is -2.06. The minimum atomic E-state index is 0.390. The second kappa shape index (κ2) is 5.49. The smallest absolute Gasteiger partial charge is 0.130 e. The van der Waals surface area contributed by atoms with E-state index in [1.807, 2.05) is 13.0 Å². The lowest BCUT2D eigenvalue weighted by molar-refractivity contribution is 1.16. The Morgan fingerprint density at radius 3 is 2.89 bits per heavy atom. The summed E-state index contributed by atoms with van der Waals surface area (Å²) in [5.74, 6) is 1.06. The van der Waals surface area contributed by atoms with Crippen molar-refractivity contribution in [2.45, 2.75) is 19.8 Å². The Labute approximate surface area is 113 Å². The van der Waals surface area contributed by atoms with Gasteiger partial charge in [-0.05, 0) is 31.4 Å². The summed E-state index contributed by atoms with van der Waals surface area (Å²) in [6.45, 7) is 5.61. The number of nitrogens with one attached hydrogen (secondary N) is 2. The summed E-state index contributed by atoms with van der Waals surface area (Å²) in [7, 11) is 0. The molecule has 4 nitrogen and oxygen atoms in total. The predicted octanol–water partition coefficient (Wildman–Crippen LogP) is 3.17. The van der Waals surface area contributed by atoms with Gasteiger partial charge in [0.1, 0.15) is 11.9 Å². The largest absolute Gasteiger partial charge is 0.346 e. The Bertz CT molecular complexity index is 589. The summed E-state index contributed by atoms with van der Waals surface area (Å²) in [6.07, 6.45) is 7.17. The van der Waals surface area contributed by atoms with Crippen molar-refractivity contribution in [2.75, 3.05) is 5.32 Å². The zero-order valence-electron chi connectivity index (χ0n) is 10.9. The third-order valence-electron chi connectivity index (χ3n) is 3.12. The van der Waals surface area contributed by atoms with Crippen molar-refractivity contribution in [3.8, 4) is 6.07 Å². The van der Waals surface area contributed by atoms with Gasteiger partial charge in [-0.15, -0.1) is 0 Å². The van der Waals surface area contributed by atoms with Gasteiger partial charge in [-0.2, -0.15) is 5.26 Å². The Balaban J connectivity index is 2.12. The third kappa shape index (κ3) is 3.08. The summed E-state index contributed by atoms with van der Waals surface area (Å²) in [6, 6.07) is 3.90. The normalized spacial score (nSPS) is 14.6. The highest BCUT2D eigenvalue weighted by Gasteiger charge is 2.27. The van der Waals surface area contributed by atoms with E-state index >= 15 is 0 Å². The van der Waals surface area contributed by atoms with Gasteiger partial charge < -0.3 is 10.7 Å². The maximum Gasteiger partial charge on any atom is 0.130 e. The topological polar surface area (TPSA) is 72.6 Å². The molecule has 0 bridgehead atoms. The first-order chi connectivity index (χ1) is 9.15. The van der Waals surface area contributed by atoms with Gasteiger partial charge in [0.2, 0.25) is 0 Å². The van der Waals surface area contributed by atoms with Crippen molar-refractivity contribution >= 4 is 11.5 Å². The highest BCUT2D eigenvalue weighted by Crippen LogP contribution is 2.32. The number of pyridine rings is 1. The highest BCUT2D eigenvalue weighted by atomic mass is 15.0. The average Bonchev–Trinajstić information content (AvgIpc) is 3.23. The zero-order chi connectivity index (χ0) is 13.8. The molecule has 1 fully saturated rings. The molecular weight excluding hydrogens is 236 g/mol. The summed E-state index contributed by atoms with van der Waals surface area (Å²) < 4.78 is 0. The van der Waals surface area contributed by atoms with Crippen molar-refractivity contribution in [3.63, 3.8) is 0 Å². The van der Waals surface area contributed by atoms with E-state index in [9.17, 15) is 0 Å². The molecule has 0 atom stereocenters. The first-order valence-corrected chi connectivity index (χ1v) is 6.20. The fourth-order valence-electron chi connectivity index (χ4n) is 1.76. The van der Waals surface area contributed by atoms with Crippen LogP contribution in [0.25, 0.3) is 0 Å². The third-order valence-corrected chi connectivity index (χ3v) is 3.12. The maximum atomic E-state index is 8.84. The fourth-order valence-corrected chi connectivity index (χ4v) is 1.76. The number of allylic oxidation sites excluding steroid dienone is 2. The number of hydrogen-bond donors (Lipinski definition) is 2. The summed E-state index contributed by atoms with van der Waals surface area (Å²) in [5, 5.41) is 19.9. The molecule has 1 saturated carbocycles. The van der Waals surface area contributed by atoms with Gasteiger partial charge in [0.15, 0.2) is 0 Å². The van der Waals surface area contributed by atoms with Crippen molar-refractivity contribution in [3.05, 3.63) is 47.8 Å². The van der Waals surface area contributed by atoms with Crippen LogP contribution in [0.5, 0.6) is 0 Å². The van der Waals surface area contributed by atoms with Crippen LogP contribution in [0.2, 0.25) is 0 Å². The van der Waals surface area contributed by atoms with Gasteiger partial charge in [0, 0.05) is 29.6 Å². The van der Waals surface area contributed by atoms with Gasteiger partial charge in [0.05, 0.1) is 5.56 Å². The number of aryl methyl sites for hydroxylation is 1. The highest BCUT2D eigenvalue weighted by molar-refractivity contribution is 6.03. The van der Waals surface area contributed by atoms with Gasteiger partial charge in [-0.1, -0.05) is 12.7 Å². The standard InChI is InChI=1S/C15H16N4/c1-3-11(15(17)12-4-5-12)8-18-14-6-10(2)13(7-16)9-19-14/h3,6,8-9,12,17H,1,4-5H2,2H3,(H,18,19)/b11-8-,17-15?. The van der Waals surface area contributed by atoms with Crippen LogP contribution in [-0.2, 0) is 0 Å². The molecule has 0 aliphatic heterocycles. The number of aromatic nitrogens is 1. The number of rotatable bonds is 5. The van der Waals surface area contributed by atoms with Crippen LogP contribution in [-0.4, -0.2) is 10.7 Å². The number of hydrogen-bond acceptors (Lipinski definition) is 4. The monoisotopic (exact) mass is 252 g/mol. The van der Waals surface area contributed by atoms with E-state index < -0.39 is 0 Å². The molecule has 1 heterocycles. The van der Waals surface area contributed by atoms with Gasteiger partial charge in [-0.25, -0.2) is 4.98 Å². The van der Waals surface area contributed by atoms with Crippen LogP contribution in [0, 0.1) is 29.6 Å². The summed E-state index contributed by atoms with van der Waals surface area (Å²) in [5.41, 5.74) is 2.88. The molecule has 2 N–H and O–H groups in total. The zero-order valence-corrected chi connectivity index (χ0v) is 10.9. The molecule has 1 aliphatic carbocycles. The van der Waals surface area contributed by atoms with Gasteiger partial charge in [-0.3, -0.25) is 0 Å². The molecule has 2 rings (SSSR count). The second-order valence-corrected chi connectivity index (χ2v) is 4.63. The van der Waals surface area contributed by atoms with E-state index in [4.69, 9.17) is 10.7 Å². The van der Waals surface area contributed by atoms with E-state index in [-0.39, 0.29) is 0 Å². The molecule has 1 aliphatic rings. The lowest BCUT2D eigenvalue weighted by atomic mass is 10.1. The molecule has 0 aromatic carbocycles. The van der Waals surface area contributed by atoms with Crippen molar-refractivity contribution in [1.29, 1.82) is 10.7 Å². The Hall–Kier alpha value is -2.41. The molecule has 1 aromatic rings. The fraction of sp³-hybridized carbons (Fsp3) is 0.267. The van der Waals surface area contributed by atoms with Crippen molar-refractivity contribution < 1.29 is 0 Å². The quantitative estimate of drug-likeness (QED) is 0.624. The molecule has 0 amide bonds. The number of nitrogens with zero attached hydrogens (tertiary/aromatic N) is 2. The molecule has 0 spiro atoms. The van der Waals surface area contributed by atoms with E-state index in [1.165, 1.54) is 0 Å². The molecule has 19 heavy (non-hydrogen) atoms. The van der Waals surface area contributed by atoms with E-state index in [0.717, 1.165) is 24.0 Å². The minimum Gasteiger partial charge on any atom is -0.346 e. The molecule has 0 radical (unpaired) electrons. The SMILES string of the molecule is C=C/C(=C/Nc1cc(C)c(C#N)cn1)C(=N)C1CC1. The summed E-state index contributed by atoms with van der Waals surface area (Å²) >= 11 is 0. The van der Waals surface area contributed by atoms with Gasteiger partial charge in [0.25, 0.3) is 0 Å². The van der Waals surface area contributed by atoms with Crippen molar-refractivity contribution in [2.24, 2.45) is 5.92 Å². The van der Waals surface area contributed by atoms with Crippen LogP contribution in [0.1, 0.15) is 24.0 Å². The molecular formula is C15H16N4. The van der Waals surface area contributed by atoms with E-state index in [0.29, 0.717) is 23.0 Å². The molecule has 0 saturated heterocycles. The molecule has 0 unspecified atom stereocenters. The second-order valence-electron chi connectivity index (χ2n) is 4.63. The first kappa shape index (κ1) is 13.0. The minimum absolute atomic E-state index is 0.390. The van der Waals surface area contributed by atoms with Crippen LogP contribution < -0.4 is 5.32 Å². The van der Waals surface area contributed by atoms with Crippen LogP contribution >= 0.6 is 0 Å². The van der Waals surface area contributed by atoms with Crippen LogP contribution in [0.15, 0.2) is 36.7 Å². The van der Waals surface area contributed by atoms with Gasteiger partial charge >= 0.3 is 0 Å². The number of anilines is 1. The van der Waals surface area contributed by atoms with Crippen molar-refractivity contribution in [1.82, 2.24) is 4.98 Å². The lowest BCUT2D eigenvalue weighted by Crippen LogP contribution is -2.04. The van der Waals surface area contributed by atoms with E-state index in [1.54, 1.807) is 18.5 Å². The molecule has 96 valence electrons. The Morgan fingerprint density at radius 2 is 2.37 bits per heavy atom. The molecule has 4 heteroatoms. The maximum absolute atomic E-state index is 8.84. The molecule has 1 aromatic heterocycles. The first-order valence-electron chi connectivity index (χ1n) is 6.20. The Kier molecular flexibility index (Phi) is 3.76.